The number of hydrogen-bond acceptors (Lipinski definition) is 2. The molecule has 1 N–H and O–H groups in total. The van der Waals surface area contributed by atoms with E-state index in [-0.39, 0.29) is 0 Å². The van der Waals surface area contributed by atoms with Gasteiger partial charge in [0.1, 0.15) is 0 Å². The lowest BCUT2D eigenvalue weighted by Gasteiger charge is -2.37. The molecular weight excluding hydrogens is 246 g/mol. The lowest BCUT2D eigenvalue weighted by Crippen LogP contribution is -2.41. The summed E-state index contributed by atoms with van der Waals surface area (Å²) in [5.74, 6) is 2.73. The fourth-order valence-electron chi connectivity index (χ4n) is 4.27. The Kier molecular flexibility index (Phi) is 4.42. The van der Waals surface area contributed by atoms with Crippen molar-refractivity contribution in [2.75, 3.05) is 13.2 Å². The Bertz CT molecular complexity index is 310. The first-order valence-electron chi connectivity index (χ1n) is 8.89. The minimum Gasteiger partial charge on any atom is -0.376 e. The normalized spacial score (nSPS) is 39.1. The van der Waals surface area contributed by atoms with Gasteiger partial charge in [-0.05, 0) is 74.7 Å². The van der Waals surface area contributed by atoms with Gasteiger partial charge in [0.15, 0.2) is 0 Å². The molecule has 20 heavy (non-hydrogen) atoms. The van der Waals surface area contributed by atoms with Crippen molar-refractivity contribution in [2.45, 2.75) is 77.9 Å². The van der Waals surface area contributed by atoms with Crippen LogP contribution in [-0.2, 0) is 4.74 Å². The molecular formula is C18H33NO. The number of ether oxygens (including phenoxy) is 1. The highest BCUT2D eigenvalue weighted by atomic mass is 16.5. The molecule has 1 aliphatic heterocycles. The van der Waals surface area contributed by atoms with Gasteiger partial charge in [0.2, 0.25) is 0 Å². The van der Waals surface area contributed by atoms with E-state index in [1.54, 1.807) is 0 Å². The molecule has 0 aromatic rings. The fourth-order valence-corrected chi connectivity index (χ4v) is 4.27. The molecule has 0 bridgehead atoms. The summed E-state index contributed by atoms with van der Waals surface area (Å²) < 4.78 is 5.93. The molecule has 2 aliphatic carbocycles. The molecule has 3 rings (SSSR count). The summed E-state index contributed by atoms with van der Waals surface area (Å²) in [6, 6.07) is 0.655. The van der Waals surface area contributed by atoms with Crippen LogP contribution >= 0.6 is 0 Å². The van der Waals surface area contributed by atoms with E-state index >= 15 is 0 Å². The molecule has 116 valence electrons. The van der Waals surface area contributed by atoms with Gasteiger partial charge in [-0.15, -0.1) is 0 Å². The van der Waals surface area contributed by atoms with E-state index in [1.807, 2.05) is 0 Å². The van der Waals surface area contributed by atoms with Crippen LogP contribution in [0.15, 0.2) is 0 Å². The first-order valence-corrected chi connectivity index (χ1v) is 8.89. The second-order valence-electron chi connectivity index (χ2n) is 8.56. The minimum atomic E-state index is 0.509. The third-order valence-electron chi connectivity index (χ3n) is 5.96. The van der Waals surface area contributed by atoms with Crippen molar-refractivity contribution < 1.29 is 4.74 Å². The zero-order valence-electron chi connectivity index (χ0n) is 13.7. The second kappa shape index (κ2) is 5.96. The number of nitrogens with one attached hydrogen (secondary N) is 1. The van der Waals surface area contributed by atoms with Crippen molar-refractivity contribution in [3.63, 3.8) is 0 Å². The van der Waals surface area contributed by atoms with Crippen molar-refractivity contribution in [2.24, 2.45) is 23.2 Å². The smallest absolute Gasteiger partial charge is 0.0756 e. The summed E-state index contributed by atoms with van der Waals surface area (Å²) in [7, 11) is 0. The molecule has 0 radical (unpaired) electrons. The molecule has 2 saturated carbocycles. The summed E-state index contributed by atoms with van der Waals surface area (Å²) in [4.78, 5) is 0. The zero-order valence-corrected chi connectivity index (χ0v) is 13.7. The lowest BCUT2D eigenvalue weighted by molar-refractivity contribution is 0.0788. The van der Waals surface area contributed by atoms with Crippen LogP contribution in [0, 0.1) is 23.2 Å². The van der Waals surface area contributed by atoms with Crippen molar-refractivity contribution in [1.82, 2.24) is 5.32 Å². The Morgan fingerprint density at radius 1 is 0.950 bits per heavy atom. The predicted molar refractivity (Wildman–Crippen MR) is 83.8 cm³/mol. The Morgan fingerprint density at radius 2 is 1.65 bits per heavy atom. The average molecular weight is 279 g/mol. The zero-order chi connectivity index (χ0) is 14.2. The number of rotatable bonds is 4. The molecule has 3 fully saturated rings. The van der Waals surface area contributed by atoms with Crippen molar-refractivity contribution >= 4 is 0 Å². The monoisotopic (exact) mass is 279 g/mol. The minimum absolute atomic E-state index is 0.509. The number of hydrogen-bond donors (Lipinski definition) is 1. The largest absolute Gasteiger partial charge is 0.376 e. The molecule has 2 heteroatoms. The van der Waals surface area contributed by atoms with Gasteiger partial charge in [0.25, 0.3) is 0 Å². The van der Waals surface area contributed by atoms with Crippen LogP contribution in [0.3, 0.4) is 0 Å². The third kappa shape index (κ3) is 3.57. The van der Waals surface area contributed by atoms with Crippen LogP contribution in [0.25, 0.3) is 0 Å². The van der Waals surface area contributed by atoms with Crippen LogP contribution < -0.4 is 5.32 Å². The van der Waals surface area contributed by atoms with Gasteiger partial charge >= 0.3 is 0 Å². The molecule has 0 aromatic carbocycles. The summed E-state index contributed by atoms with van der Waals surface area (Å²) in [5.41, 5.74) is 0.509. The van der Waals surface area contributed by atoms with Crippen molar-refractivity contribution in [1.29, 1.82) is 0 Å². The third-order valence-corrected chi connectivity index (χ3v) is 5.96. The maximum atomic E-state index is 5.93. The van der Waals surface area contributed by atoms with Crippen LogP contribution in [0.1, 0.15) is 65.7 Å². The first kappa shape index (κ1) is 14.8. The molecule has 0 spiro atoms. The Morgan fingerprint density at radius 3 is 2.25 bits per heavy atom. The van der Waals surface area contributed by atoms with Crippen LogP contribution in [-0.4, -0.2) is 25.3 Å². The van der Waals surface area contributed by atoms with Crippen molar-refractivity contribution in [3.8, 4) is 0 Å². The van der Waals surface area contributed by atoms with Crippen LogP contribution in [0.5, 0.6) is 0 Å². The van der Waals surface area contributed by atoms with E-state index in [4.69, 9.17) is 4.74 Å². The highest BCUT2D eigenvalue weighted by molar-refractivity contribution is 4.94. The molecule has 2 nitrogen and oxygen atoms in total. The van der Waals surface area contributed by atoms with Gasteiger partial charge in [0.05, 0.1) is 6.10 Å². The van der Waals surface area contributed by atoms with Gasteiger partial charge in [-0.3, -0.25) is 0 Å². The summed E-state index contributed by atoms with van der Waals surface area (Å²) in [6.07, 6.45) is 10.3. The van der Waals surface area contributed by atoms with Crippen LogP contribution in [0.2, 0.25) is 0 Å². The van der Waals surface area contributed by atoms with E-state index in [9.17, 15) is 0 Å². The highest BCUT2D eigenvalue weighted by Crippen LogP contribution is 2.41. The topological polar surface area (TPSA) is 21.3 Å². The molecule has 2 unspecified atom stereocenters. The fraction of sp³-hybridized carbons (Fsp3) is 1.00. The predicted octanol–water partition coefficient (Wildman–Crippen LogP) is 4.00. The Balaban J connectivity index is 1.39. The van der Waals surface area contributed by atoms with Gasteiger partial charge < -0.3 is 10.1 Å². The van der Waals surface area contributed by atoms with E-state index in [0.29, 0.717) is 17.6 Å². The Hall–Kier alpha value is -0.0800. The summed E-state index contributed by atoms with van der Waals surface area (Å²) in [6.45, 7) is 9.44. The van der Waals surface area contributed by atoms with E-state index in [2.05, 4.69) is 26.1 Å². The quantitative estimate of drug-likeness (QED) is 0.840. The molecule has 0 amide bonds. The van der Waals surface area contributed by atoms with Gasteiger partial charge in [-0.25, -0.2) is 0 Å². The Labute approximate surface area is 125 Å². The summed E-state index contributed by atoms with van der Waals surface area (Å²) in [5, 5.41) is 3.85. The highest BCUT2D eigenvalue weighted by Gasteiger charge is 2.40. The lowest BCUT2D eigenvalue weighted by atomic mass is 9.70. The van der Waals surface area contributed by atoms with E-state index in [1.165, 1.54) is 51.5 Å². The van der Waals surface area contributed by atoms with Crippen molar-refractivity contribution in [3.05, 3.63) is 0 Å². The molecule has 0 aromatic heterocycles. The maximum Gasteiger partial charge on any atom is 0.0756 e. The van der Waals surface area contributed by atoms with E-state index in [0.717, 1.165) is 24.4 Å². The molecule has 3 aliphatic rings. The molecule has 2 atom stereocenters. The van der Waals surface area contributed by atoms with Gasteiger partial charge in [-0.1, -0.05) is 20.8 Å². The first-order chi connectivity index (χ1) is 9.54. The SMILES string of the molecule is CC(C)(C)C1CCC(CNC2CCOC2C2CC2)CC1. The van der Waals surface area contributed by atoms with Gasteiger partial charge in [-0.2, -0.15) is 0 Å². The standard InChI is InChI=1S/C18H33NO/c1-18(2,3)15-8-4-13(5-9-15)12-19-16-10-11-20-17(16)14-6-7-14/h13-17,19H,4-12H2,1-3H3. The maximum absolute atomic E-state index is 5.93. The molecule has 1 saturated heterocycles. The average Bonchev–Trinajstić information content (AvgIpc) is 3.15. The van der Waals surface area contributed by atoms with E-state index < -0.39 is 0 Å². The van der Waals surface area contributed by atoms with Crippen LogP contribution in [0.4, 0.5) is 0 Å². The second-order valence-corrected chi connectivity index (χ2v) is 8.56. The summed E-state index contributed by atoms with van der Waals surface area (Å²) >= 11 is 0. The van der Waals surface area contributed by atoms with Gasteiger partial charge in [0, 0.05) is 12.6 Å². The molecule has 1 heterocycles.